The van der Waals surface area contributed by atoms with Crippen LogP contribution in [0, 0.1) is 0 Å². The zero-order valence-corrected chi connectivity index (χ0v) is 9.25. The fourth-order valence-electron chi connectivity index (χ4n) is 0.981. The summed E-state index contributed by atoms with van der Waals surface area (Å²) >= 11 is 5.82. The number of carbonyl (C=O) groups excluding carboxylic acids is 1. The van der Waals surface area contributed by atoms with Crippen LogP contribution in [0.5, 0.6) is 0 Å². The molecule has 0 bridgehead atoms. The van der Waals surface area contributed by atoms with E-state index in [-0.39, 0.29) is 5.91 Å². The SMILES string of the molecule is CCOCCC(=O)Nc1ncccc1Cl. The van der Waals surface area contributed by atoms with E-state index in [0.29, 0.717) is 30.5 Å². The summed E-state index contributed by atoms with van der Waals surface area (Å²) in [5, 5.41) is 3.04. The third kappa shape index (κ3) is 4.27. The van der Waals surface area contributed by atoms with E-state index in [4.69, 9.17) is 16.3 Å². The van der Waals surface area contributed by atoms with E-state index < -0.39 is 0 Å². The van der Waals surface area contributed by atoms with Crippen molar-refractivity contribution in [3.8, 4) is 0 Å². The van der Waals surface area contributed by atoms with Crippen molar-refractivity contribution in [2.75, 3.05) is 18.5 Å². The smallest absolute Gasteiger partial charge is 0.227 e. The van der Waals surface area contributed by atoms with Gasteiger partial charge in [0.15, 0.2) is 5.82 Å². The van der Waals surface area contributed by atoms with Crippen LogP contribution in [0.25, 0.3) is 0 Å². The second kappa shape index (κ2) is 6.37. The van der Waals surface area contributed by atoms with Crippen LogP contribution in [0.15, 0.2) is 18.3 Å². The maximum absolute atomic E-state index is 11.3. The van der Waals surface area contributed by atoms with Gasteiger partial charge in [-0.1, -0.05) is 11.6 Å². The Morgan fingerprint density at radius 1 is 1.67 bits per heavy atom. The molecule has 0 saturated carbocycles. The van der Waals surface area contributed by atoms with Crippen LogP contribution >= 0.6 is 11.6 Å². The van der Waals surface area contributed by atoms with Crippen molar-refractivity contribution >= 4 is 23.3 Å². The minimum Gasteiger partial charge on any atom is -0.381 e. The van der Waals surface area contributed by atoms with E-state index >= 15 is 0 Å². The number of nitrogens with one attached hydrogen (secondary N) is 1. The number of pyridine rings is 1. The Hall–Kier alpha value is -1.13. The molecule has 0 aromatic carbocycles. The molecule has 0 fully saturated rings. The van der Waals surface area contributed by atoms with Gasteiger partial charge in [0.25, 0.3) is 0 Å². The molecule has 0 aliphatic rings. The molecule has 1 aromatic rings. The number of rotatable bonds is 5. The van der Waals surface area contributed by atoms with Gasteiger partial charge >= 0.3 is 0 Å². The van der Waals surface area contributed by atoms with Gasteiger partial charge in [0, 0.05) is 12.8 Å². The lowest BCUT2D eigenvalue weighted by atomic mass is 10.4. The summed E-state index contributed by atoms with van der Waals surface area (Å²) < 4.78 is 5.06. The maximum atomic E-state index is 11.3. The molecule has 1 heterocycles. The second-order valence-corrected chi connectivity index (χ2v) is 3.24. The topological polar surface area (TPSA) is 51.2 Å². The fourth-order valence-corrected chi connectivity index (χ4v) is 1.15. The highest BCUT2D eigenvalue weighted by Gasteiger charge is 2.05. The first-order valence-corrected chi connectivity index (χ1v) is 5.10. The predicted molar refractivity (Wildman–Crippen MR) is 59.0 cm³/mol. The number of carbonyl (C=O) groups is 1. The van der Waals surface area contributed by atoms with Crippen LogP contribution in [-0.4, -0.2) is 24.1 Å². The summed E-state index contributed by atoms with van der Waals surface area (Å²) in [6.45, 7) is 2.90. The summed E-state index contributed by atoms with van der Waals surface area (Å²) in [5.74, 6) is 0.240. The zero-order valence-electron chi connectivity index (χ0n) is 8.50. The first kappa shape index (κ1) is 11.9. The first-order valence-electron chi connectivity index (χ1n) is 4.72. The van der Waals surface area contributed by atoms with E-state index in [1.165, 1.54) is 0 Å². The number of hydrogen-bond acceptors (Lipinski definition) is 3. The number of amides is 1. The minimum absolute atomic E-state index is 0.149. The van der Waals surface area contributed by atoms with Crippen molar-refractivity contribution in [3.05, 3.63) is 23.4 Å². The molecule has 0 spiro atoms. The van der Waals surface area contributed by atoms with Crippen LogP contribution in [0.2, 0.25) is 5.02 Å². The summed E-state index contributed by atoms with van der Waals surface area (Å²) in [6.07, 6.45) is 1.88. The Kier molecular flexibility index (Phi) is 5.07. The fraction of sp³-hybridized carbons (Fsp3) is 0.400. The maximum Gasteiger partial charge on any atom is 0.227 e. The van der Waals surface area contributed by atoms with E-state index in [0.717, 1.165) is 0 Å². The quantitative estimate of drug-likeness (QED) is 0.786. The van der Waals surface area contributed by atoms with Gasteiger partial charge in [0.05, 0.1) is 18.1 Å². The summed E-state index contributed by atoms with van der Waals surface area (Å²) in [5.41, 5.74) is 0. The van der Waals surface area contributed by atoms with Gasteiger partial charge in [-0.05, 0) is 19.1 Å². The molecular formula is C10H13ClN2O2. The lowest BCUT2D eigenvalue weighted by Gasteiger charge is -2.05. The third-order valence-electron chi connectivity index (χ3n) is 1.69. The Bertz CT molecular complexity index is 331. The molecule has 0 aliphatic carbocycles. The molecule has 1 rings (SSSR count). The van der Waals surface area contributed by atoms with E-state index in [2.05, 4.69) is 10.3 Å². The Labute approximate surface area is 93.6 Å². The summed E-state index contributed by atoms with van der Waals surface area (Å²) in [7, 11) is 0. The van der Waals surface area contributed by atoms with Crippen LogP contribution in [0.3, 0.4) is 0 Å². The predicted octanol–water partition coefficient (Wildman–Crippen LogP) is 2.10. The summed E-state index contributed by atoms with van der Waals surface area (Å²) in [4.78, 5) is 15.3. The summed E-state index contributed by atoms with van der Waals surface area (Å²) in [6, 6.07) is 3.38. The average molecular weight is 229 g/mol. The van der Waals surface area contributed by atoms with Gasteiger partial charge in [-0.3, -0.25) is 4.79 Å². The van der Waals surface area contributed by atoms with E-state index in [1.54, 1.807) is 18.3 Å². The van der Waals surface area contributed by atoms with Crippen molar-refractivity contribution in [2.24, 2.45) is 0 Å². The Morgan fingerprint density at radius 2 is 2.47 bits per heavy atom. The van der Waals surface area contributed by atoms with Gasteiger partial charge in [0.1, 0.15) is 0 Å². The number of aromatic nitrogens is 1. The highest BCUT2D eigenvalue weighted by molar-refractivity contribution is 6.33. The van der Waals surface area contributed by atoms with Crippen molar-refractivity contribution in [2.45, 2.75) is 13.3 Å². The molecule has 1 N–H and O–H groups in total. The zero-order chi connectivity index (χ0) is 11.1. The molecule has 82 valence electrons. The van der Waals surface area contributed by atoms with Crippen LogP contribution in [-0.2, 0) is 9.53 Å². The Morgan fingerprint density at radius 3 is 3.13 bits per heavy atom. The number of ether oxygens (including phenoxy) is 1. The molecule has 0 unspecified atom stereocenters. The molecule has 0 radical (unpaired) electrons. The molecule has 0 saturated heterocycles. The van der Waals surface area contributed by atoms with Gasteiger partial charge in [0.2, 0.25) is 5.91 Å². The van der Waals surface area contributed by atoms with Gasteiger partial charge in [-0.25, -0.2) is 4.98 Å². The minimum atomic E-state index is -0.149. The van der Waals surface area contributed by atoms with E-state index in [1.807, 2.05) is 6.92 Å². The largest absolute Gasteiger partial charge is 0.381 e. The lowest BCUT2D eigenvalue weighted by molar-refractivity contribution is -0.117. The van der Waals surface area contributed by atoms with Crippen LogP contribution in [0.1, 0.15) is 13.3 Å². The molecule has 1 amide bonds. The molecule has 1 aromatic heterocycles. The molecule has 0 aliphatic heterocycles. The van der Waals surface area contributed by atoms with Crippen molar-refractivity contribution in [1.82, 2.24) is 4.98 Å². The third-order valence-corrected chi connectivity index (χ3v) is 2.00. The number of hydrogen-bond donors (Lipinski definition) is 1. The number of halogens is 1. The number of nitrogens with zero attached hydrogens (tertiary/aromatic N) is 1. The van der Waals surface area contributed by atoms with Crippen molar-refractivity contribution < 1.29 is 9.53 Å². The molecule has 4 nitrogen and oxygen atoms in total. The first-order chi connectivity index (χ1) is 7.24. The normalized spacial score (nSPS) is 10.0. The molecule has 0 atom stereocenters. The average Bonchev–Trinajstić information content (AvgIpc) is 2.22. The standard InChI is InChI=1S/C10H13ClN2O2/c1-2-15-7-5-9(14)13-10-8(11)4-3-6-12-10/h3-4,6H,2,5,7H2,1H3,(H,12,13,14). The van der Waals surface area contributed by atoms with Gasteiger partial charge < -0.3 is 10.1 Å². The second-order valence-electron chi connectivity index (χ2n) is 2.83. The van der Waals surface area contributed by atoms with E-state index in [9.17, 15) is 4.79 Å². The van der Waals surface area contributed by atoms with Crippen LogP contribution in [0.4, 0.5) is 5.82 Å². The lowest BCUT2D eigenvalue weighted by Crippen LogP contribution is -2.15. The van der Waals surface area contributed by atoms with Gasteiger partial charge in [-0.2, -0.15) is 0 Å². The Balaban J connectivity index is 2.41. The van der Waals surface area contributed by atoms with Gasteiger partial charge in [-0.15, -0.1) is 0 Å². The van der Waals surface area contributed by atoms with Crippen molar-refractivity contribution in [3.63, 3.8) is 0 Å². The molecule has 15 heavy (non-hydrogen) atoms. The highest BCUT2D eigenvalue weighted by atomic mass is 35.5. The highest BCUT2D eigenvalue weighted by Crippen LogP contribution is 2.17. The molecule has 5 heteroatoms. The molecular weight excluding hydrogens is 216 g/mol. The van der Waals surface area contributed by atoms with Crippen LogP contribution < -0.4 is 5.32 Å². The monoisotopic (exact) mass is 228 g/mol. The number of anilines is 1. The van der Waals surface area contributed by atoms with Crippen molar-refractivity contribution in [1.29, 1.82) is 0 Å².